The molecule has 6 rings (SSSR count). The van der Waals surface area contributed by atoms with E-state index in [1.807, 2.05) is 0 Å². The molecule has 0 aromatic carbocycles. The molecule has 6 saturated heterocycles. The van der Waals surface area contributed by atoms with E-state index in [1.54, 1.807) is 0 Å². The summed E-state index contributed by atoms with van der Waals surface area (Å²) in [7, 11) is -2.17. The third-order valence-corrected chi connectivity index (χ3v) is 3.00. The van der Waals surface area contributed by atoms with Gasteiger partial charge in [-0.15, -0.1) is 0 Å². The highest BCUT2D eigenvalue weighted by atomic mass is 28.4. The van der Waals surface area contributed by atoms with Crippen LogP contribution in [0.4, 0.5) is 0 Å². The Hall–Kier alpha value is 0.0569. The molecule has 2 bridgehead atoms. The van der Waals surface area contributed by atoms with Gasteiger partial charge in [-0.1, -0.05) is 0 Å². The van der Waals surface area contributed by atoms with Crippen LogP contribution < -0.4 is 0 Å². The normalized spacial score (nSPS) is 80.0. The van der Waals surface area contributed by atoms with E-state index in [2.05, 4.69) is 0 Å². The minimum atomic E-state index is -2.17. The predicted octanol–water partition coefficient (Wildman–Crippen LogP) is -0.860. The van der Waals surface area contributed by atoms with Crippen LogP contribution in [0, 0.1) is 0 Å². The summed E-state index contributed by atoms with van der Waals surface area (Å²) in [6.07, 6.45) is -0.938. The molecule has 6 aliphatic rings. The molecule has 6 heterocycles. The van der Waals surface area contributed by atoms with Crippen LogP contribution in [-0.4, -0.2) is 15.2 Å². The lowest BCUT2D eigenvalue weighted by molar-refractivity contribution is -0.698. The van der Waals surface area contributed by atoms with Crippen LogP contribution in [-0.2, 0) is 17.7 Å². The average Bonchev–Trinajstić information content (AvgIpc) is 0.503. The molecule has 0 aromatic heterocycles. The van der Waals surface area contributed by atoms with Gasteiger partial charge in [0.2, 0.25) is 0 Å². The first kappa shape index (κ1) is 2.39. The van der Waals surface area contributed by atoms with Crippen LogP contribution >= 0.6 is 0 Å². The SMILES string of the molecule is O1C23O[Si]1(O2)O3. The van der Waals surface area contributed by atoms with Crippen molar-refractivity contribution in [3.8, 4) is 0 Å². The van der Waals surface area contributed by atoms with Gasteiger partial charge in [0, 0.05) is 0 Å². The lowest BCUT2D eigenvalue weighted by Gasteiger charge is -2.72. The highest BCUT2D eigenvalue weighted by Gasteiger charge is 3.00. The molecule has 0 aromatic rings. The summed E-state index contributed by atoms with van der Waals surface area (Å²) in [5, 5.41) is 0. The fourth-order valence-electron chi connectivity index (χ4n) is 0.658. The second-order valence-corrected chi connectivity index (χ2v) is 3.22. The van der Waals surface area contributed by atoms with Crippen molar-refractivity contribution >= 4 is 9.05 Å². The van der Waals surface area contributed by atoms with Crippen LogP contribution in [0.2, 0.25) is 0 Å². The fraction of sp³-hybridized carbons (Fsp3) is 1.00. The lowest BCUT2D eigenvalue weighted by atomic mass is 11.1. The third kappa shape index (κ3) is 0.0655. The van der Waals surface area contributed by atoms with Gasteiger partial charge < -0.3 is 0 Å². The Balaban J connectivity index is 2.31. The van der Waals surface area contributed by atoms with Crippen molar-refractivity contribution in [2.24, 2.45) is 0 Å². The summed E-state index contributed by atoms with van der Waals surface area (Å²) in [5.74, 6) is 0. The molecule has 0 radical (unpaired) electrons. The zero-order valence-corrected chi connectivity index (χ0v) is 3.63. The fourth-order valence-corrected chi connectivity index (χ4v) is 1.97. The molecule has 0 N–H and O–H groups in total. The van der Waals surface area contributed by atoms with Crippen LogP contribution in [0.15, 0.2) is 0 Å². The zero-order chi connectivity index (χ0) is 3.83. The summed E-state index contributed by atoms with van der Waals surface area (Å²) in [4.78, 5) is 0. The van der Waals surface area contributed by atoms with Crippen LogP contribution in [0.3, 0.4) is 0 Å². The minimum Gasteiger partial charge on any atom is -0.274 e. The highest BCUT2D eigenvalue weighted by molar-refractivity contribution is 6.64. The van der Waals surface area contributed by atoms with E-state index in [1.165, 1.54) is 0 Å². The van der Waals surface area contributed by atoms with Crippen molar-refractivity contribution in [3.63, 3.8) is 0 Å². The molecular formula is CO4Si. The van der Waals surface area contributed by atoms with Crippen molar-refractivity contribution in [3.05, 3.63) is 0 Å². The van der Waals surface area contributed by atoms with Gasteiger partial charge in [0.25, 0.3) is 0 Å². The van der Waals surface area contributed by atoms with E-state index in [4.69, 9.17) is 17.7 Å². The van der Waals surface area contributed by atoms with Gasteiger partial charge >= 0.3 is 15.2 Å². The molecule has 0 unspecified atom stereocenters. The van der Waals surface area contributed by atoms with Crippen molar-refractivity contribution in [1.29, 1.82) is 0 Å². The summed E-state index contributed by atoms with van der Waals surface area (Å²) in [5.41, 5.74) is 0. The highest BCUT2D eigenvalue weighted by Crippen LogP contribution is 2.65. The summed E-state index contributed by atoms with van der Waals surface area (Å²) < 4.78 is 19.1. The van der Waals surface area contributed by atoms with Gasteiger partial charge in [0.1, 0.15) is 0 Å². The number of rotatable bonds is 0. The van der Waals surface area contributed by atoms with Crippen molar-refractivity contribution in [1.82, 2.24) is 0 Å². The van der Waals surface area contributed by atoms with Gasteiger partial charge in [-0.2, -0.15) is 0 Å². The lowest BCUT2D eigenvalue weighted by Crippen LogP contribution is -3.01. The Bertz CT molecular complexity index is 84.5. The van der Waals surface area contributed by atoms with Crippen LogP contribution in [0.25, 0.3) is 0 Å². The minimum absolute atomic E-state index is 0.938. The maximum Gasteiger partial charge on any atom is 0.702 e. The molecular weight excluding hydrogens is 104 g/mol. The van der Waals surface area contributed by atoms with Gasteiger partial charge in [0.05, 0.1) is 0 Å². The van der Waals surface area contributed by atoms with Crippen LogP contribution in [0.1, 0.15) is 0 Å². The average molecular weight is 104 g/mol. The topological polar surface area (TPSA) is 36.9 Å². The Labute approximate surface area is 34.1 Å². The van der Waals surface area contributed by atoms with E-state index in [-0.39, 0.29) is 0 Å². The Morgan fingerprint density at radius 1 is 1.00 bits per heavy atom. The van der Waals surface area contributed by atoms with E-state index < -0.39 is 15.2 Å². The Morgan fingerprint density at radius 3 is 1.17 bits per heavy atom. The second kappa shape index (κ2) is 0.323. The quantitative estimate of drug-likeness (QED) is 0.375. The molecule has 0 amide bonds. The molecule has 5 heteroatoms. The van der Waals surface area contributed by atoms with Crippen molar-refractivity contribution in [2.45, 2.75) is 6.16 Å². The van der Waals surface area contributed by atoms with Crippen LogP contribution in [0.5, 0.6) is 0 Å². The smallest absolute Gasteiger partial charge is 0.274 e. The molecule has 0 saturated carbocycles. The summed E-state index contributed by atoms with van der Waals surface area (Å²) in [6.45, 7) is 0. The second-order valence-electron chi connectivity index (χ2n) is 1.41. The van der Waals surface area contributed by atoms with Gasteiger partial charge in [0.15, 0.2) is 0 Å². The first-order valence-electron chi connectivity index (χ1n) is 1.63. The predicted molar refractivity (Wildman–Crippen MR) is 12.8 cm³/mol. The first-order chi connectivity index (χ1) is 2.83. The maximum atomic E-state index is 4.76. The molecule has 0 atom stereocenters. The Morgan fingerprint density at radius 2 is 1.17 bits per heavy atom. The molecule has 6 aliphatic heterocycles. The molecule has 32 valence electrons. The van der Waals surface area contributed by atoms with Gasteiger partial charge in [-0.05, 0) is 0 Å². The third-order valence-electron chi connectivity index (χ3n) is 1.000. The number of hydrogen-bond acceptors (Lipinski definition) is 4. The molecule has 6 fully saturated rings. The summed E-state index contributed by atoms with van der Waals surface area (Å²) in [6, 6.07) is 0. The molecule has 6 heavy (non-hydrogen) atoms. The summed E-state index contributed by atoms with van der Waals surface area (Å²) >= 11 is 0. The number of hydrogen-bond donors (Lipinski definition) is 0. The molecule has 0 aliphatic carbocycles. The first-order valence-corrected chi connectivity index (χ1v) is 3.27. The molecule has 0 spiro atoms. The van der Waals surface area contributed by atoms with Crippen molar-refractivity contribution < 1.29 is 17.7 Å². The van der Waals surface area contributed by atoms with E-state index in [0.717, 1.165) is 0 Å². The Kier molecular flexibility index (Phi) is 0.128. The largest absolute Gasteiger partial charge is 0.702 e. The van der Waals surface area contributed by atoms with Gasteiger partial charge in [-0.25, -0.2) is 0 Å². The van der Waals surface area contributed by atoms with Crippen molar-refractivity contribution in [2.75, 3.05) is 0 Å². The van der Waals surface area contributed by atoms with E-state index >= 15 is 0 Å². The molecule has 4 nitrogen and oxygen atoms in total. The van der Waals surface area contributed by atoms with Gasteiger partial charge in [-0.3, -0.25) is 17.7 Å². The maximum absolute atomic E-state index is 4.76. The standard InChI is InChI=1S/CO4Si/c2-1-3-6(2,4-1)5-1. The van der Waals surface area contributed by atoms with E-state index in [0.29, 0.717) is 0 Å². The van der Waals surface area contributed by atoms with E-state index in [9.17, 15) is 0 Å². The zero-order valence-electron chi connectivity index (χ0n) is 2.63. The monoisotopic (exact) mass is 104 g/mol.